The minimum absolute atomic E-state index is 0.221. The minimum Gasteiger partial charge on any atom is -0.208 e. The van der Waals surface area contributed by atoms with E-state index in [0.717, 1.165) is 11.1 Å². The van der Waals surface area contributed by atoms with E-state index in [9.17, 15) is 8.42 Å². The topological polar surface area (TPSA) is 37.4 Å². The number of halogens is 2. The highest BCUT2D eigenvalue weighted by molar-refractivity contribution is 7.92. The minimum atomic E-state index is -3.50. The second-order valence-electron chi connectivity index (χ2n) is 4.76. The van der Waals surface area contributed by atoms with Gasteiger partial charge in [-0.2, -0.15) is 4.31 Å². The van der Waals surface area contributed by atoms with Gasteiger partial charge in [0.2, 0.25) is 10.0 Å². The van der Waals surface area contributed by atoms with Gasteiger partial charge < -0.3 is 0 Å². The Hall–Kier alpha value is -1.33. The third-order valence-electron chi connectivity index (χ3n) is 3.06. The summed E-state index contributed by atoms with van der Waals surface area (Å²) in [5.74, 6) is 0. The van der Waals surface area contributed by atoms with Crippen molar-refractivity contribution < 1.29 is 8.42 Å². The van der Waals surface area contributed by atoms with E-state index >= 15 is 0 Å². The molecular formula is C16H15Cl2NO2S. The lowest BCUT2D eigenvalue weighted by Gasteiger charge is -2.15. The molecule has 0 saturated carbocycles. The van der Waals surface area contributed by atoms with E-state index in [1.54, 1.807) is 24.3 Å². The van der Waals surface area contributed by atoms with E-state index in [-0.39, 0.29) is 6.54 Å². The molecule has 0 amide bonds. The smallest absolute Gasteiger partial charge is 0.208 e. The van der Waals surface area contributed by atoms with Crippen molar-refractivity contribution in [3.63, 3.8) is 0 Å². The number of hydrogen-bond acceptors (Lipinski definition) is 2. The van der Waals surface area contributed by atoms with E-state index in [4.69, 9.17) is 23.2 Å². The van der Waals surface area contributed by atoms with Crippen molar-refractivity contribution in [1.29, 1.82) is 0 Å². The quantitative estimate of drug-likeness (QED) is 0.795. The van der Waals surface area contributed by atoms with Crippen molar-refractivity contribution in [2.75, 3.05) is 7.05 Å². The van der Waals surface area contributed by atoms with Crippen LogP contribution >= 0.6 is 23.2 Å². The summed E-state index contributed by atoms with van der Waals surface area (Å²) in [5.41, 5.74) is 1.60. The van der Waals surface area contributed by atoms with Crippen LogP contribution in [0.5, 0.6) is 0 Å². The standard InChI is InChI=1S/C16H15Cl2NO2S/c1-19(12-14-7-8-15(17)16(18)11-14)22(20,21)10-9-13-5-3-2-4-6-13/h2-11H,12H2,1H3/b10-9+. The molecule has 0 atom stereocenters. The van der Waals surface area contributed by atoms with Crippen LogP contribution in [0.2, 0.25) is 10.0 Å². The van der Waals surface area contributed by atoms with Gasteiger partial charge in [-0.15, -0.1) is 0 Å². The molecule has 0 aliphatic carbocycles. The SMILES string of the molecule is CN(Cc1ccc(Cl)c(Cl)c1)S(=O)(=O)/C=C/c1ccccc1. The zero-order valence-corrected chi connectivity index (χ0v) is 14.2. The third kappa shape index (κ3) is 4.58. The summed E-state index contributed by atoms with van der Waals surface area (Å²) in [6.45, 7) is 0.221. The van der Waals surface area contributed by atoms with Crippen LogP contribution in [0.15, 0.2) is 53.9 Å². The fourth-order valence-corrected chi connectivity index (χ4v) is 3.00. The summed E-state index contributed by atoms with van der Waals surface area (Å²) in [6.07, 6.45) is 1.57. The first-order valence-electron chi connectivity index (χ1n) is 6.52. The number of benzene rings is 2. The molecule has 2 aromatic carbocycles. The van der Waals surface area contributed by atoms with Crippen LogP contribution in [0, 0.1) is 0 Å². The fraction of sp³-hybridized carbons (Fsp3) is 0.125. The molecule has 0 saturated heterocycles. The molecule has 0 aliphatic heterocycles. The first kappa shape index (κ1) is 17.0. The maximum Gasteiger partial charge on any atom is 0.236 e. The van der Waals surface area contributed by atoms with Gasteiger partial charge in [-0.05, 0) is 29.3 Å². The second-order valence-corrected chi connectivity index (χ2v) is 7.50. The Balaban J connectivity index is 2.11. The van der Waals surface area contributed by atoms with E-state index < -0.39 is 10.0 Å². The second kappa shape index (κ2) is 7.29. The highest BCUT2D eigenvalue weighted by Crippen LogP contribution is 2.23. The van der Waals surface area contributed by atoms with Crippen molar-refractivity contribution >= 4 is 39.3 Å². The molecule has 0 aliphatic rings. The lowest BCUT2D eigenvalue weighted by Crippen LogP contribution is -2.24. The highest BCUT2D eigenvalue weighted by atomic mass is 35.5. The number of sulfonamides is 1. The van der Waals surface area contributed by atoms with Crippen LogP contribution in [-0.2, 0) is 16.6 Å². The predicted molar refractivity (Wildman–Crippen MR) is 92.3 cm³/mol. The van der Waals surface area contributed by atoms with Crippen LogP contribution in [0.25, 0.3) is 6.08 Å². The van der Waals surface area contributed by atoms with E-state index in [0.29, 0.717) is 10.0 Å². The van der Waals surface area contributed by atoms with Gasteiger partial charge in [-0.25, -0.2) is 8.42 Å². The monoisotopic (exact) mass is 355 g/mol. The number of hydrogen-bond donors (Lipinski definition) is 0. The summed E-state index contributed by atoms with van der Waals surface area (Å²) in [6, 6.07) is 14.3. The van der Waals surface area contributed by atoms with Gasteiger partial charge in [0.1, 0.15) is 0 Å². The largest absolute Gasteiger partial charge is 0.236 e. The van der Waals surface area contributed by atoms with Gasteiger partial charge in [0.15, 0.2) is 0 Å². The Labute approximate surface area is 140 Å². The van der Waals surface area contributed by atoms with E-state index in [1.165, 1.54) is 16.8 Å². The first-order chi connectivity index (χ1) is 10.4. The van der Waals surface area contributed by atoms with Crippen LogP contribution in [0.1, 0.15) is 11.1 Å². The fourth-order valence-electron chi connectivity index (χ4n) is 1.82. The normalized spacial score (nSPS) is 12.2. The Bertz CT molecular complexity index is 774. The summed E-state index contributed by atoms with van der Waals surface area (Å²) < 4.78 is 25.7. The first-order valence-corrected chi connectivity index (χ1v) is 8.78. The molecule has 0 N–H and O–H groups in total. The van der Waals surface area contributed by atoms with Crippen molar-refractivity contribution in [3.8, 4) is 0 Å². The van der Waals surface area contributed by atoms with Gasteiger partial charge in [-0.3, -0.25) is 0 Å². The van der Waals surface area contributed by atoms with Gasteiger partial charge in [-0.1, -0.05) is 59.6 Å². The lowest BCUT2D eigenvalue weighted by atomic mass is 10.2. The van der Waals surface area contributed by atoms with Crippen molar-refractivity contribution in [2.24, 2.45) is 0 Å². The zero-order chi connectivity index (χ0) is 16.2. The highest BCUT2D eigenvalue weighted by Gasteiger charge is 2.15. The molecule has 0 aromatic heterocycles. The van der Waals surface area contributed by atoms with Crippen LogP contribution in [0.3, 0.4) is 0 Å². The average Bonchev–Trinajstić information content (AvgIpc) is 2.50. The Morgan fingerprint density at radius 3 is 2.36 bits per heavy atom. The molecule has 0 bridgehead atoms. The average molecular weight is 356 g/mol. The van der Waals surface area contributed by atoms with Crippen LogP contribution in [-0.4, -0.2) is 19.8 Å². The Morgan fingerprint density at radius 1 is 1.05 bits per heavy atom. The summed E-state index contributed by atoms with van der Waals surface area (Å²) in [4.78, 5) is 0. The maximum absolute atomic E-state index is 12.2. The van der Waals surface area contributed by atoms with E-state index in [1.807, 2.05) is 30.3 Å². The molecule has 0 unspecified atom stereocenters. The molecule has 0 radical (unpaired) electrons. The molecule has 116 valence electrons. The molecule has 3 nitrogen and oxygen atoms in total. The molecule has 2 aromatic rings. The Morgan fingerprint density at radius 2 is 1.73 bits per heavy atom. The van der Waals surface area contributed by atoms with Crippen LogP contribution in [0.4, 0.5) is 0 Å². The molecule has 2 rings (SSSR count). The number of nitrogens with zero attached hydrogens (tertiary/aromatic N) is 1. The van der Waals surface area contributed by atoms with Crippen LogP contribution < -0.4 is 0 Å². The summed E-state index contributed by atoms with van der Waals surface area (Å²) in [5, 5.41) is 2.05. The molecule has 6 heteroatoms. The van der Waals surface area contributed by atoms with Crippen molar-refractivity contribution in [1.82, 2.24) is 4.31 Å². The summed E-state index contributed by atoms with van der Waals surface area (Å²) >= 11 is 11.8. The third-order valence-corrected chi connectivity index (χ3v) is 5.27. The molecule has 0 fully saturated rings. The van der Waals surface area contributed by atoms with E-state index in [2.05, 4.69) is 0 Å². The predicted octanol–water partition coefficient (Wildman–Crippen LogP) is 4.43. The molecule has 22 heavy (non-hydrogen) atoms. The Kier molecular flexibility index (Phi) is 5.64. The molecular weight excluding hydrogens is 341 g/mol. The molecule has 0 heterocycles. The number of rotatable bonds is 5. The van der Waals surface area contributed by atoms with Crippen molar-refractivity contribution in [3.05, 3.63) is 75.1 Å². The maximum atomic E-state index is 12.2. The lowest BCUT2D eigenvalue weighted by molar-refractivity contribution is 0.475. The zero-order valence-electron chi connectivity index (χ0n) is 11.9. The van der Waals surface area contributed by atoms with Gasteiger partial charge in [0.05, 0.1) is 10.0 Å². The summed E-state index contributed by atoms with van der Waals surface area (Å²) in [7, 11) is -1.98. The van der Waals surface area contributed by atoms with Gasteiger partial charge in [0.25, 0.3) is 0 Å². The van der Waals surface area contributed by atoms with Gasteiger partial charge >= 0.3 is 0 Å². The van der Waals surface area contributed by atoms with Gasteiger partial charge in [0, 0.05) is 19.0 Å². The molecule has 0 spiro atoms. The van der Waals surface area contributed by atoms with Crippen molar-refractivity contribution in [2.45, 2.75) is 6.54 Å².